The van der Waals surface area contributed by atoms with E-state index in [0.717, 1.165) is 0 Å². The molecule has 3 unspecified atom stereocenters. The number of carbonyl (C=O) groups is 2. The van der Waals surface area contributed by atoms with Crippen LogP contribution in [0.4, 0.5) is 18.0 Å². The van der Waals surface area contributed by atoms with Crippen molar-refractivity contribution in [3.05, 3.63) is 58.6 Å². The average molecular weight is 459 g/mol. The van der Waals surface area contributed by atoms with Gasteiger partial charge >= 0.3 is 12.2 Å². The van der Waals surface area contributed by atoms with Gasteiger partial charge in [-0.05, 0) is 42.0 Å². The summed E-state index contributed by atoms with van der Waals surface area (Å²) in [4.78, 5) is 25.3. The molecule has 0 bridgehead atoms. The van der Waals surface area contributed by atoms with Crippen LogP contribution in [0.1, 0.15) is 22.0 Å². The molecule has 1 heterocycles. The Balaban J connectivity index is 2.18. The summed E-state index contributed by atoms with van der Waals surface area (Å²) in [5.74, 6) is -2.76. The van der Waals surface area contributed by atoms with Crippen LogP contribution in [0.5, 0.6) is 11.5 Å². The van der Waals surface area contributed by atoms with Crippen molar-refractivity contribution < 1.29 is 37.3 Å². The Morgan fingerprint density at radius 3 is 2.26 bits per heavy atom. The largest absolute Gasteiger partial charge is 0.493 e. The maximum atomic E-state index is 13.9. The van der Waals surface area contributed by atoms with Gasteiger partial charge in [-0.3, -0.25) is 4.79 Å². The van der Waals surface area contributed by atoms with Crippen LogP contribution in [0.2, 0.25) is 5.02 Å². The third-order valence-electron chi connectivity index (χ3n) is 4.98. The van der Waals surface area contributed by atoms with Gasteiger partial charge in [-0.2, -0.15) is 13.2 Å². The molecule has 11 heteroatoms. The molecule has 0 radical (unpaired) electrons. The highest BCUT2D eigenvalue weighted by atomic mass is 35.5. The molecule has 7 nitrogen and oxygen atoms in total. The number of hydrogen-bond acceptors (Lipinski definition) is 5. The van der Waals surface area contributed by atoms with Crippen molar-refractivity contribution in [2.75, 3.05) is 14.2 Å². The number of hydrogen-bond donors (Lipinski definition) is 3. The van der Waals surface area contributed by atoms with Crippen molar-refractivity contribution in [3.8, 4) is 11.5 Å². The van der Waals surface area contributed by atoms with Gasteiger partial charge in [-0.25, -0.2) is 4.79 Å². The zero-order chi connectivity index (χ0) is 23.0. The number of benzene rings is 2. The minimum absolute atomic E-state index is 0.0995. The van der Waals surface area contributed by atoms with E-state index in [9.17, 15) is 27.9 Å². The molecule has 3 rings (SSSR count). The maximum absolute atomic E-state index is 13.9. The number of alkyl halides is 3. The number of methoxy groups -OCH3 is 2. The Labute approximate surface area is 180 Å². The number of urea groups is 1. The molecule has 2 aromatic rings. The lowest BCUT2D eigenvalue weighted by Crippen LogP contribution is -2.72. The van der Waals surface area contributed by atoms with E-state index in [2.05, 4.69) is 5.32 Å². The van der Waals surface area contributed by atoms with Gasteiger partial charge in [-0.15, -0.1) is 0 Å². The average Bonchev–Trinajstić information content (AvgIpc) is 2.72. The highest BCUT2D eigenvalue weighted by Crippen LogP contribution is 2.45. The summed E-state index contributed by atoms with van der Waals surface area (Å²) in [6.07, 6.45) is -5.35. The quantitative estimate of drug-likeness (QED) is 0.596. The van der Waals surface area contributed by atoms with E-state index in [4.69, 9.17) is 21.1 Å². The Hall–Kier alpha value is -2.98. The molecule has 1 saturated heterocycles. The third kappa shape index (κ3) is 4.13. The number of ether oxygens (including phenoxy) is 2. The number of halogens is 4. The molecule has 0 saturated carbocycles. The lowest BCUT2D eigenvalue weighted by Gasteiger charge is -2.45. The second-order valence-corrected chi connectivity index (χ2v) is 7.24. The fourth-order valence-corrected chi connectivity index (χ4v) is 3.58. The summed E-state index contributed by atoms with van der Waals surface area (Å²) >= 11 is 5.80. The predicted octanol–water partition coefficient (Wildman–Crippen LogP) is 3.46. The van der Waals surface area contributed by atoms with E-state index >= 15 is 0 Å². The standard InChI is InChI=1S/C20H18ClF3N2O5/c1-30-13-8-5-11(9-14(13)31-2)16-15(17(27)10-3-6-12(21)7-4-10)19(29,20(22,23)24)26-18(28)25-16/h3-9,15-16,29H,1-2H3,(H2,25,26,28). The van der Waals surface area contributed by atoms with Gasteiger partial charge in [0, 0.05) is 10.6 Å². The molecule has 3 N–H and O–H groups in total. The van der Waals surface area contributed by atoms with Gasteiger partial charge in [0.05, 0.1) is 20.3 Å². The van der Waals surface area contributed by atoms with Crippen molar-refractivity contribution in [1.82, 2.24) is 10.6 Å². The highest BCUT2D eigenvalue weighted by molar-refractivity contribution is 6.30. The first-order valence-corrected chi connectivity index (χ1v) is 9.29. The Morgan fingerprint density at radius 1 is 1.10 bits per heavy atom. The van der Waals surface area contributed by atoms with Crippen molar-refractivity contribution >= 4 is 23.4 Å². The number of Topliss-reactive ketones (excluding diaryl/α,β-unsaturated/α-hetero) is 1. The Morgan fingerprint density at radius 2 is 1.71 bits per heavy atom. The molecule has 1 aliphatic rings. The molecule has 3 atom stereocenters. The number of aliphatic hydroxyl groups is 1. The number of rotatable bonds is 5. The zero-order valence-electron chi connectivity index (χ0n) is 16.3. The number of amides is 2. The van der Waals surface area contributed by atoms with E-state index in [0.29, 0.717) is 0 Å². The second-order valence-electron chi connectivity index (χ2n) is 6.80. The van der Waals surface area contributed by atoms with E-state index in [1.165, 1.54) is 62.0 Å². The van der Waals surface area contributed by atoms with E-state index in [-0.39, 0.29) is 27.6 Å². The van der Waals surface area contributed by atoms with E-state index in [1.807, 2.05) is 0 Å². The number of ketones is 1. The van der Waals surface area contributed by atoms with Crippen molar-refractivity contribution in [2.45, 2.75) is 17.9 Å². The van der Waals surface area contributed by atoms with Crippen molar-refractivity contribution in [3.63, 3.8) is 0 Å². The highest BCUT2D eigenvalue weighted by Gasteiger charge is 2.66. The first kappa shape index (κ1) is 22.7. The van der Waals surface area contributed by atoms with Crippen LogP contribution in [0, 0.1) is 5.92 Å². The van der Waals surface area contributed by atoms with Crippen LogP contribution in [-0.4, -0.2) is 43.0 Å². The van der Waals surface area contributed by atoms with Gasteiger partial charge in [0.25, 0.3) is 0 Å². The summed E-state index contributed by atoms with van der Waals surface area (Å²) in [6, 6.07) is 6.43. The Kier molecular flexibility index (Phi) is 6.06. The zero-order valence-corrected chi connectivity index (χ0v) is 17.0. The van der Waals surface area contributed by atoms with Crippen LogP contribution in [0.3, 0.4) is 0 Å². The molecule has 1 aliphatic heterocycles. The van der Waals surface area contributed by atoms with E-state index < -0.39 is 35.7 Å². The molecule has 0 spiro atoms. The second kappa shape index (κ2) is 8.27. The van der Waals surface area contributed by atoms with Gasteiger partial charge in [0.2, 0.25) is 5.72 Å². The molecule has 2 aromatic carbocycles. The predicted molar refractivity (Wildman–Crippen MR) is 104 cm³/mol. The number of carbonyl (C=O) groups excluding carboxylic acids is 2. The summed E-state index contributed by atoms with van der Waals surface area (Å²) < 4.78 is 52.1. The molecular formula is C20H18ClF3N2O5. The monoisotopic (exact) mass is 458 g/mol. The topological polar surface area (TPSA) is 96.9 Å². The van der Waals surface area contributed by atoms with Crippen LogP contribution < -0.4 is 20.1 Å². The molecular weight excluding hydrogens is 441 g/mol. The van der Waals surface area contributed by atoms with Gasteiger partial charge in [-0.1, -0.05) is 17.7 Å². The summed E-state index contributed by atoms with van der Waals surface area (Å²) in [5, 5.41) is 14.6. The first-order valence-electron chi connectivity index (χ1n) is 8.91. The van der Waals surface area contributed by atoms with Crippen molar-refractivity contribution in [1.29, 1.82) is 0 Å². The first-order chi connectivity index (χ1) is 14.5. The van der Waals surface area contributed by atoms with Gasteiger partial charge < -0.3 is 25.2 Å². The van der Waals surface area contributed by atoms with Crippen LogP contribution >= 0.6 is 11.6 Å². The van der Waals surface area contributed by atoms with E-state index in [1.54, 1.807) is 0 Å². The van der Waals surface area contributed by atoms with Crippen LogP contribution in [0.25, 0.3) is 0 Å². The van der Waals surface area contributed by atoms with Crippen LogP contribution in [-0.2, 0) is 0 Å². The minimum atomic E-state index is -5.35. The maximum Gasteiger partial charge on any atom is 0.437 e. The summed E-state index contributed by atoms with van der Waals surface area (Å²) in [7, 11) is 2.70. The van der Waals surface area contributed by atoms with Gasteiger partial charge in [0.15, 0.2) is 17.3 Å². The smallest absolute Gasteiger partial charge is 0.437 e. The minimum Gasteiger partial charge on any atom is -0.493 e. The summed E-state index contributed by atoms with van der Waals surface area (Å²) in [5.41, 5.74) is -3.85. The lowest BCUT2D eigenvalue weighted by atomic mass is 9.77. The molecule has 31 heavy (non-hydrogen) atoms. The molecule has 2 amide bonds. The lowest BCUT2D eigenvalue weighted by molar-refractivity contribution is -0.287. The number of nitrogens with one attached hydrogen (secondary N) is 2. The molecule has 0 aliphatic carbocycles. The van der Waals surface area contributed by atoms with Crippen molar-refractivity contribution in [2.24, 2.45) is 5.92 Å². The Bertz CT molecular complexity index is 999. The fraction of sp³-hybridized carbons (Fsp3) is 0.300. The third-order valence-corrected chi connectivity index (χ3v) is 5.24. The molecule has 166 valence electrons. The van der Waals surface area contributed by atoms with Gasteiger partial charge in [0.1, 0.15) is 5.92 Å². The normalized spacial score (nSPS) is 23.5. The fourth-order valence-electron chi connectivity index (χ4n) is 3.46. The SMILES string of the molecule is COc1ccc(C2NC(=O)NC(O)(C(F)(F)F)C2C(=O)c2ccc(Cl)cc2)cc1OC. The molecule has 0 aromatic heterocycles. The molecule has 1 fully saturated rings. The summed E-state index contributed by atoms with van der Waals surface area (Å²) in [6.45, 7) is 0. The van der Waals surface area contributed by atoms with Crippen LogP contribution in [0.15, 0.2) is 42.5 Å².